The van der Waals surface area contributed by atoms with Gasteiger partial charge in [0, 0.05) is 83.1 Å². The number of benzene rings is 13. The lowest BCUT2D eigenvalue weighted by Crippen LogP contribution is -2.15. The standard InChI is InChI=1S/C89H70N12O6/c102-51-90-64-45-65(91-52-103)48-68(47-64)94-84(106)39-55-27-31-57(32-28-55)61-35-37-80-74(41-61)75-42-62(58-33-29-56(30-34-58)40-85(107)95-69-49-66(92-53-104)46-67(50-69)93-54-105)36-38-81(75)101(80)86-82(99-76-23-11-7-19-70(76)71-20-8-12-24-77(71)99)43-63(44-83(86)100-78-25-13-9-21-72(78)73-22-10-14-26-79(73)100)89-97-87(59-15-3-1-4-16-59)96-88(98-89)60-17-5-2-6-18-60/h1-38,41-50,90-93,102-105H,39-40,51-54H2,(H,94,106)(H,95,107). The van der Waals surface area contributed by atoms with Gasteiger partial charge in [0.25, 0.3) is 0 Å². The fraction of sp³-hybridized carbons (Fsp3) is 0.0674. The Hall–Kier alpha value is -13.8. The zero-order valence-corrected chi connectivity index (χ0v) is 57.7. The van der Waals surface area contributed by atoms with Crippen molar-refractivity contribution < 1.29 is 30.0 Å². The quantitative estimate of drug-likeness (QED) is 0.0284. The molecule has 0 aliphatic heterocycles. The fourth-order valence-corrected chi connectivity index (χ4v) is 14.8. The largest absolute Gasteiger partial charge is 0.377 e. The van der Waals surface area contributed by atoms with Crippen molar-refractivity contribution in [3.63, 3.8) is 0 Å². The van der Waals surface area contributed by atoms with Crippen molar-refractivity contribution >= 4 is 111 Å². The number of hydrogen-bond acceptors (Lipinski definition) is 13. The molecular weight excluding hydrogens is 1330 g/mol. The van der Waals surface area contributed by atoms with Gasteiger partial charge in [0.15, 0.2) is 17.5 Å². The number of nitrogens with one attached hydrogen (secondary N) is 6. The Morgan fingerprint density at radius 1 is 0.271 bits per heavy atom. The van der Waals surface area contributed by atoms with E-state index in [0.717, 1.165) is 133 Å². The van der Waals surface area contributed by atoms with Crippen LogP contribution >= 0.6 is 0 Å². The van der Waals surface area contributed by atoms with E-state index in [4.69, 9.17) is 15.0 Å². The highest BCUT2D eigenvalue weighted by molar-refractivity contribution is 6.15. The molecule has 0 aliphatic rings. The summed E-state index contributed by atoms with van der Waals surface area (Å²) in [5.41, 5.74) is 19.6. The molecule has 13 aromatic carbocycles. The molecule has 10 N–H and O–H groups in total. The molecule has 522 valence electrons. The molecule has 0 aliphatic carbocycles. The highest BCUT2D eigenvalue weighted by atomic mass is 16.3. The number of carbonyl (C=O) groups excluding carboxylic acids is 2. The molecule has 107 heavy (non-hydrogen) atoms. The van der Waals surface area contributed by atoms with Gasteiger partial charge in [-0.3, -0.25) is 9.59 Å². The summed E-state index contributed by atoms with van der Waals surface area (Å²) in [4.78, 5) is 43.6. The smallest absolute Gasteiger partial charge is 0.228 e. The van der Waals surface area contributed by atoms with Crippen molar-refractivity contribution in [3.05, 3.63) is 302 Å². The van der Waals surface area contributed by atoms with Crippen LogP contribution < -0.4 is 31.9 Å². The number of nitrogens with zero attached hydrogens (tertiary/aromatic N) is 6. The molecule has 2 amide bonds. The number of aliphatic hydroxyl groups excluding tert-OH is 4. The van der Waals surface area contributed by atoms with Crippen LogP contribution in [0, 0.1) is 0 Å². The molecule has 17 rings (SSSR count). The van der Waals surface area contributed by atoms with Crippen molar-refractivity contribution in [3.8, 4) is 73.5 Å². The van der Waals surface area contributed by atoms with Crippen LogP contribution in [0.15, 0.2) is 291 Å². The van der Waals surface area contributed by atoms with E-state index in [9.17, 15) is 30.0 Å². The molecule has 0 bridgehead atoms. The van der Waals surface area contributed by atoms with Gasteiger partial charge in [-0.2, -0.15) is 0 Å². The van der Waals surface area contributed by atoms with Crippen LogP contribution in [0.25, 0.3) is 139 Å². The maximum Gasteiger partial charge on any atom is 0.228 e. The number of aromatic nitrogens is 6. The lowest BCUT2D eigenvalue weighted by Gasteiger charge is -2.23. The molecule has 4 heterocycles. The molecule has 4 aromatic heterocycles. The third-order valence-electron chi connectivity index (χ3n) is 19.5. The molecule has 0 saturated heterocycles. The van der Waals surface area contributed by atoms with Gasteiger partial charge in [-0.1, -0.05) is 194 Å². The molecular formula is C89H70N12O6. The van der Waals surface area contributed by atoms with Crippen molar-refractivity contribution in [2.45, 2.75) is 12.8 Å². The van der Waals surface area contributed by atoms with Crippen LogP contribution in [-0.2, 0) is 22.4 Å². The van der Waals surface area contributed by atoms with Gasteiger partial charge in [-0.05, 0) is 130 Å². The Kier molecular flexibility index (Phi) is 17.9. The van der Waals surface area contributed by atoms with Gasteiger partial charge < -0.3 is 66.0 Å². The minimum atomic E-state index is -0.310. The van der Waals surface area contributed by atoms with Crippen LogP contribution in [-0.4, -0.2) is 87.8 Å². The third-order valence-corrected chi connectivity index (χ3v) is 19.5. The van der Waals surface area contributed by atoms with Gasteiger partial charge in [-0.25, -0.2) is 15.0 Å². The lowest BCUT2D eigenvalue weighted by molar-refractivity contribution is -0.116. The fourth-order valence-electron chi connectivity index (χ4n) is 14.8. The van der Waals surface area contributed by atoms with Gasteiger partial charge in [0.2, 0.25) is 11.8 Å². The zero-order chi connectivity index (χ0) is 72.5. The topological polar surface area (TPSA) is 241 Å². The SMILES string of the molecule is O=C(Cc1ccc(-c2ccc3c(c2)c2cc(-c4ccc(CC(=O)Nc5cc(NCO)cc(NCO)c5)cc4)ccc2n3-c2c(-n3c4ccccc4c4ccccc43)cc(-c3nc(-c4ccccc4)nc(-c4ccccc4)n3)cc2-n2c3ccccc3c3ccccc32)cc1)Nc1cc(NCO)cc(NCO)c1. The number of anilines is 6. The second-order valence-electron chi connectivity index (χ2n) is 26.2. The Bertz CT molecular complexity index is 5730. The van der Waals surface area contributed by atoms with E-state index >= 15 is 0 Å². The van der Waals surface area contributed by atoms with E-state index in [1.54, 1.807) is 36.4 Å². The van der Waals surface area contributed by atoms with Crippen LogP contribution in [0.2, 0.25) is 0 Å². The number of hydrogen-bond donors (Lipinski definition) is 10. The van der Waals surface area contributed by atoms with Gasteiger partial charge in [0.05, 0.1) is 63.0 Å². The lowest BCUT2D eigenvalue weighted by atomic mass is 9.98. The summed E-state index contributed by atoms with van der Waals surface area (Å²) >= 11 is 0. The first-order valence-electron chi connectivity index (χ1n) is 35.2. The molecule has 0 atom stereocenters. The predicted molar refractivity (Wildman–Crippen MR) is 430 cm³/mol. The summed E-state index contributed by atoms with van der Waals surface area (Å²) in [6, 6.07) is 98.8. The molecule has 0 radical (unpaired) electrons. The average Bonchev–Trinajstić information content (AvgIpc) is 1.56. The first-order valence-corrected chi connectivity index (χ1v) is 35.2. The van der Waals surface area contributed by atoms with E-state index in [-0.39, 0.29) is 51.6 Å². The van der Waals surface area contributed by atoms with Crippen LogP contribution in [0.5, 0.6) is 0 Å². The monoisotopic (exact) mass is 1400 g/mol. The maximum atomic E-state index is 13.8. The van der Waals surface area contributed by atoms with Crippen LogP contribution in [0.4, 0.5) is 34.1 Å². The second kappa shape index (κ2) is 28.8. The Balaban J connectivity index is 0.880. The van der Waals surface area contributed by atoms with Crippen molar-refractivity contribution in [1.82, 2.24) is 28.7 Å². The van der Waals surface area contributed by atoms with E-state index in [0.29, 0.717) is 51.6 Å². The van der Waals surface area contributed by atoms with Gasteiger partial charge in [0.1, 0.15) is 26.9 Å². The molecule has 18 heteroatoms. The zero-order valence-electron chi connectivity index (χ0n) is 57.7. The Labute approximate surface area is 614 Å². The Morgan fingerprint density at radius 2 is 0.570 bits per heavy atom. The number of carbonyl (C=O) groups is 2. The normalized spacial score (nSPS) is 11.5. The van der Waals surface area contributed by atoms with Crippen molar-refractivity contribution in [2.75, 3.05) is 58.8 Å². The summed E-state index contributed by atoms with van der Waals surface area (Å²) < 4.78 is 7.23. The summed E-state index contributed by atoms with van der Waals surface area (Å²) in [7, 11) is 0. The van der Waals surface area contributed by atoms with Crippen LogP contribution in [0.3, 0.4) is 0 Å². The highest BCUT2D eigenvalue weighted by Crippen LogP contribution is 2.46. The minimum absolute atomic E-state index is 0.0878. The molecule has 17 aromatic rings. The maximum absolute atomic E-state index is 13.8. The first kappa shape index (κ1) is 66.5. The first-order chi connectivity index (χ1) is 52.6. The Morgan fingerprint density at radius 3 is 0.916 bits per heavy atom. The molecule has 0 unspecified atom stereocenters. The molecule has 0 saturated carbocycles. The van der Waals surface area contributed by atoms with Crippen LogP contribution in [0.1, 0.15) is 11.1 Å². The van der Waals surface area contributed by atoms with E-state index in [1.165, 1.54) is 0 Å². The summed E-state index contributed by atoms with van der Waals surface area (Å²) in [5.74, 6) is 1.08. The van der Waals surface area contributed by atoms with Gasteiger partial charge >= 0.3 is 0 Å². The molecule has 18 nitrogen and oxygen atoms in total. The second-order valence-corrected chi connectivity index (χ2v) is 26.2. The minimum Gasteiger partial charge on any atom is -0.377 e. The van der Waals surface area contributed by atoms with E-state index < -0.39 is 0 Å². The van der Waals surface area contributed by atoms with E-state index in [2.05, 4.69) is 215 Å². The van der Waals surface area contributed by atoms with E-state index in [1.807, 2.05) is 84.9 Å². The number of para-hydroxylation sites is 4. The summed E-state index contributed by atoms with van der Waals surface area (Å²) in [6.45, 7) is -1.24. The highest BCUT2D eigenvalue weighted by Gasteiger charge is 2.28. The average molecular weight is 1400 g/mol. The number of aliphatic hydroxyl groups is 4. The van der Waals surface area contributed by atoms with Crippen molar-refractivity contribution in [1.29, 1.82) is 0 Å². The number of fused-ring (bicyclic) bond motifs is 9. The third kappa shape index (κ3) is 13.0. The number of amides is 2. The predicted octanol–water partition coefficient (Wildman–Crippen LogP) is 17.3. The van der Waals surface area contributed by atoms with Crippen molar-refractivity contribution in [2.24, 2.45) is 0 Å². The summed E-state index contributed by atoms with van der Waals surface area (Å²) in [5, 5.41) is 62.2. The molecule has 0 fully saturated rings. The van der Waals surface area contributed by atoms with Gasteiger partial charge in [-0.15, -0.1) is 0 Å². The molecule has 0 spiro atoms. The number of rotatable bonds is 22. The summed E-state index contributed by atoms with van der Waals surface area (Å²) in [6.07, 6.45) is 0.176.